The van der Waals surface area contributed by atoms with Crippen LogP contribution in [0, 0.1) is 11.8 Å². The summed E-state index contributed by atoms with van der Waals surface area (Å²) in [6, 6.07) is 3.83. The molecule has 1 aliphatic carbocycles. The molecular weight excluding hydrogens is 200 g/mol. The third-order valence-electron chi connectivity index (χ3n) is 3.35. The van der Waals surface area contributed by atoms with Crippen LogP contribution in [0.2, 0.25) is 0 Å². The number of hydrogen-bond donors (Lipinski definition) is 1. The van der Waals surface area contributed by atoms with Crippen LogP contribution in [0.4, 0.5) is 5.82 Å². The highest BCUT2D eigenvalue weighted by Crippen LogP contribution is 2.31. The first-order valence-electron chi connectivity index (χ1n) is 6.02. The van der Waals surface area contributed by atoms with E-state index in [0.29, 0.717) is 0 Å². The number of rotatable bonds is 4. The monoisotopic (exact) mass is 220 g/mol. The molecule has 1 saturated carbocycles. The number of methoxy groups -OCH3 is 1. The Morgan fingerprint density at radius 3 is 3.06 bits per heavy atom. The molecule has 3 heteroatoms. The Morgan fingerprint density at radius 1 is 1.50 bits per heavy atom. The molecule has 0 spiro atoms. The SMILES string of the molecule is COc1cccnc1NCC1CCC(C)C1. The fourth-order valence-electron chi connectivity index (χ4n) is 2.44. The fourth-order valence-corrected chi connectivity index (χ4v) is 2.44. The minimum atomic E-state index is 0.793. The molecule has 0 amide bonds. The Kier molecular flexibility index (Phi) is 3.65. The van der Waals surface area contributed by atoms with Crippen LogP contribution in [0.5, 0.6) is 5.75 Å². The van der Waals surface area contributed by atoms with E-state index < -0.39 is 0 Å². The van der Waals surface area contributed by atoms with E-state index in [1.807, 2.05) is 12.1 Å². The van der Waals surface area contributed by atoms with Crippen molar-refractivity contribution in [1.82, 2.24) is 4.98 Å². The van der Waals surface area contributed by atoms with E-state index in [1.165, 1.54) is 19.3 Å². The number of anilines is 1. The molecule has 0 radical (unpaired) electrons. The number of hydrogen-bond acceptors (Lipinski definition) is 3. The zero-order valence-corrected chi connectivity index (χ0v) is 10.1. The van der Waals surface area contributed by atoms with E-state index in [4.69, 9.17) is 4.74 Å². The first kappa shape index (κ1) is 11.2. The summed E-state index contributed by atoms with van der Waals surface area (Å²) in [4.78, 5) is 4.29. The van der Waals surface area contributed by atoms with Crippen LogP contribution in [0.3, 0.4) is 0 Å². The van der Waals surface area contributed by atoms with Crippen LogP contribution in [0.15, 0.2) is 18.3 Å². The van der Waals surface area contributed by atoms with E-state index in [0.717, 1.165) is 29.9 Å². The highest BCUT2D eigenvalue weighted by molar-refractivity contribution is 5.49. The lowest BCUT2D eigenvalue weighted by Crippen LogP contribution is -2.13. The normalized spacial score (nSPS) is 24.4. The molecule has 2 atom stereocenters. The molecule has 1 fully saturated rings. The summed E-state index contributed by atoms with van der Waals surface area (Å²) >= 11 is 0. The van der Waals surface area contributed by atoms with Crippen LogP contribution in [0.25, 0.3) is 0 Å². The summed E-state index contributed by atoms with van der Waals surface area (Å²) in [7, 11) is 1.68. The van der Waals surface area contributed by atoms with Gasteiger partial charge in [-0.3, -0.25) is 0 Å². The molecular formula is C13H20N2O. The van der Waals surface area contributed by atoms with Crippen molar-refractivity contribution in [2.24, 2.45) is 11.8 Å². The lowest BCUT2D eigenvalue weighted by Gasteiger charge is -2.13. The second-order valence-corrected chi connectivity index (χ2v) is 4.72. The zero-order chi connectivity index (χ0) is 11.4. The average molecular weight is 220 g/mol. The van der Waals surface area contributed by atoms with Gasteiger partial charge in [-0.05, 0) is 36.8 Å². The molecule has 0 saturated heterocycles. The highest BCUT2D eigenvalue weighted by atomic mass is 16.5. The third kappa shape index (κ3) is 2.65. The summed E-state index contributed by atoms with van der Waals surface area (Å²) in [6.07, 6.45) is 5.83. The number of nitrogens with zero attached hydrogens (tertiary/aromatic N) is 1. The molecule has 2 rings (SSSR count). The van der Waals surface area contributed by atoms with Crippen LogP contribution >= 0.6 is 0 Å². The van der Waals surface area contributed by atoms with Crippen molar-refractivity contribution < 1.29 is 4.74 Å². The van der Waals surface area contributed by atoms with Gasteiger partial charge in [0.25, 0.3) is 0 Å². The van der Waals surface area contributed by atoms with Crippen LogP contribution in [-0.4, -0.2) is 18.6 Å². The first-order valence-corrected chi connectivity index (χ1v) is 6.02. The summed E-state index contributed by atoms with van der Waals surface area (Å²) in [5, 5.41) is 3.39. The van der Waals surface area contributed by atoms with Crippen molar-refractivity contribution in [2.45, 2.75) is 26.2 Å². The second kappa shape index (κ2) is 5.19. The van der Waals surface area contributed by atoms with Gasteiger partial charge in [-0.15, -0.1) is 0 Å². The van der Waals surface area contributed by atoms with E-state index in [-0.39, 0.29) is 0 Å². The summed E-state index contributed by atoms with van der Waals surface area (Å²) in [5.41, 5.74) is 0. The van der Waals surface area contributed by atoms with Gasteiger partial charge in [0.1, 0.15) is 0 Å². The first-order chi connectivity index (χ1) is 7.79. The molecule has 1 aromatic heterocycles. The molecule has 16 heavy (non-hydrogen) atoms. The lowest BCUT2D eigenvalue weighted by atomic mass is 10.1. The van der Waals surface area contributed by atoms with Crippen molar-refractivity contribution in [3.05, 3.63) is 18.3 Å². The average Bonchev–Trinajstić information content (AvgIpc) is 2.73. The minimum Gasteiger partial charge on any atom is -0.493 e. The third-order valence-corrected chi connectivity index (χ3v) is 3.35. The summed E-state index contributed by atoms with van der Waals surface area (Å²) < 4.78 is 5.26. The Morgan fingerprint density at radius 2 is 2.38 bits per heavy atom. The van der Waals surface area contributed by atoms with Gasteiger partial charge in [0.2, 0.25) is 0 Å². The van der Waals surface area contributed by atoms with Crippen molar-refractivity contribution in [3.8, 4) is 5.75 Å². The molecule has 88 valence electrons. The van der Waals surface area contributed by atoms with Gasteiger partial charge in [0, 0.05) is 12.7 Å². The van der Waals surface area contributed by atoms with Crippen molar-refractivity contribution in [2.75, 3.05) is 19.0 Å². The lowest BCUT2D eigenvalue weighted by molar-refractivity contribution is 0.414. The van der Waals surface area contributed by atoms with Crippen LogP contribution in [-0.2, 0) is 0 Å². The van der Waals surface area contributed by atoms with Gasteiger partial charge >= 0.3 is 0 Å². The van der Waals surface area contributed by atoms with Crippen molar-refractivity contribution in [3.63, 3.8) is 0 Å². The highest BCUT2D eigenvalue weighted by Gasteiger charge is 2.21. The van der Waals surface area contributed by atoms with Gasteiger partial charge in [-0.25, -0.2) is 4.98 Å². The summed E-state index contributed by atoms with van der Waals surface area (Å²) in [5.74, 6) is 3.37. The quantitative estimate of drug-likeness (QED) is 0.847. The molecule has 1 N–H and O–H groups in total. The molecule has 0 aromatic carbocycles. The van der Waals surface area contributed by atoms with Crippen LogP contribution in [0.1, 0.15) is 26.2 Å². The van der Waals surface area contributed by atoms with Gasteiger partial charge in [0.05, 0.1) is 7.11 Å². The topological polar surface area (TPSA) is 34.1 Å². The Balaban J connectivity index is 1.89. The maximum atomic E-state index is 5.26. The maximum Gasteiger partial charge on any atom is 0.168 e. The van der Waals surface area contributed by atoms with Gasteiger partial charge < -0.3 is 10.1 Å². The number of nitrogens with one attached hydrogen (secondary N) is 1. The van der Waals surface area contributed by atoms with Crippen LogP contribution < -0.4 is 10.1 Å². The molecule has 0 aliphatic heterocycles. The Hall–Kier alpha value is -1.25. The van der Waals surface area contributed by atoms with Crippen molar-refractivity contribution in [1.29, 1.82) is 0 Å². The van der Waals surface area contributed by atoms with Gasteiger partial charge in [-0.1, -0.05) is 13.3 Å². The number of ether oxygens (including phenoxy) is 1. The molecule has 1 heterocycles. The maximum absolute atomic E-state index is 5.26. The molecule has 2 unspecified atom stereocenters. The van der Waals surface area contributed by atoms with Crippen molar-refractivity contribution >= 4 is 5.82 Å². The van der Waals surface area contributed by atoms with Gasteiger partial charge in [0.15, 0.2) is 11.6 Å². The zero-order valence-electron chi connectivity index (χ0n) is 10.1. The molecule has 1 aliphatic rings. The number of aromatic nitrogens is 1. The standard InChI is InChI=1S/C13H20N2O/c1-10-5-6-11(8-10)9-15-13-12(16-2)4-3-7-14-13/h3-4,7,10-11H,5-6,8-9H2,1-2H3,(H,14,15). The largest absolute Gasteiger partial charge is 0.493 e. The van der Waals surface area contributed by atoms with E-state index in [9.17, 15) is 0 Å². The molecule has 0 bridgehead atoms. The van der Waals surface area contributed by atoms with E-state index in [1.54, 1.807) is 13.3 Å². The smallest absolute Gasteiger partial charge is 0.168 e. The predicted octanol–water partition coefficient (Wildman–Crippen LogP) is 2.94. The Bertz CT molecular complexity index is 340. The van der Waals surface area contributed by atoms with E-state index >= 15 is 0 Å². The Labute approximate surface area is 97.2 Å². The minimum absolute atomic E-state index is 0.793. The number of pyridine rings is 1. The predicted molar refractivity (Wildman–Crippen MR) is 65.8 cm³/mol. The van der Waals surface area contributed by atoms with Gasteiger partial charge in [-0.2, -0.15) is 0 Å². The molecule has 1 aromatic rings. The summed E-state index contributed by atoms with van der Waals surface area (Å²) in [6.45, 7) is 3.35. The molecule has 3 nitrogen and oxygen atoms in total. The fraction of sp³-hybridized carbons (Fsp3) is 0.615. The second-order valence-electron chi connectivity index (χ2n) is 4.72. The van der Waals surface area contributed by atoms with E-state index in [2.05, 4.69) is 17.2 Å².